The number of nitrogens with zero attached hydrogens (tertiary/aromatic N) is 1. The number of nitrogens with one attached hydrogen (secondary N) is 2. The number of hydrogen-bond acceptors (Lipinski definition) is 5. The molecule has 0 aliphatic rings. The molecule has 0 bridgehead atoms. The van der Waals surface area contributed by atoms with E-state index >= 15 is 0 Å². The fourth-order valence-electron chi connectivity index (χ4n) is 1.83. The number of imidazole rings is 1. The zero-order valence-corrected chi connectivity index (χ0v) is 11.6. The number of aromatic amines is 2. The Hall–Kier alpha value is -2.44. The summed E-state index contributed by atoms with van der Waals surface area (Å²) >= 11 is 0. The van der Waals surface area contributed by atoms with Crippen LogP contribution in [-0.2, 0) is 9.47 Å². The second-order valence-corrected chi connectivity index (χ2v) is 4.10. The van der Waals surface area contributed by atoms with E-state index in [1.165, 1.54) is 6.07 Å². The van der Waals surface area contributed by atoms with Crippen LogP contribution in [0.2, 0.25) is 0 Å². The lowest BCUT2D eigenvalue weighted by atomic mass is 10.2. The Balaban J connectivity index is 2.57. The Kier molecular flexibility index (Phi) is 3.97. The third-order valence-corrected chi connectivity index (χ3v) is 2.61. The normalized spacial score (nSPS) is 10.6. The molecule has 0 saturated carbocycles. The fraction of sp³-hybridized carbons (Fsp3) is 0.385. The molecule has 0 amide bonds. The quantitative estimate of drug-likeness (QED) is 0.843. The Morgan fingerprint density at radius 3 is 2.55 bits per heavy atom. The number of esters is 2. The van der Waals surface area contributed by atoms with Gasteiger partial charge in [-0.25, -0.2) is 14.6 Å². The van der Waals surface area contributed by atoms with Gasteiger partial charge in [-0.15, -0.1) is 0 Å². The molecule has 20 heavy (non-hydrogen) atoms. The van der Waals surface area contributed by atoms with Crippen molar-refractivity contribution >= 4 is 23.1 Å². The van der Waals surface area contributed by atoms with Gasteiger partial charge in [-0.3, -0.25) is 4.98 Å². The number of aromatic nitrogens is 3. The predicted octanol–water partition coefficient (Wildman–Crippen LogP) is 1.04. The van der Waals surface area contributed by atoms with Gasteiger partial charge in [0.15, 0.2) is 11.3 Å². The molecule has 2 aromatic heterocycles. The third kappa shape index (κ3) is 2.61. The highest BCUT2D eigenvalue weighted by Gasteiger charge is 2.27. The smallest absolute Gasteiger partial charge is 0.375 e. The van der Waals surface area contributed by atoms with Gasteiger partial charge in [-0.2, -0.15) is 0 Å². The van der Waals surface area contributed by atoms with Gasteiger partial charge < -0.3 is 9.47 Å². The standard InChI is InChI=1S/C13H15N3O4/c1-4-19-12(17)8-6-9-11(15-7(3)14-9)16-10(8)13(18)20-5-2/h6H,4-5H2,1-3H3,(H,14,15,16)/p+1. The lowest BCUT2D eigenvalue weighted by Crippen LogP contribution is -2.17. The minimum atomic E-state index is -0.648. The molecule has 0 fully saturated rings. The van der Waals surface area contributed by atoms with Gasteiger partial charge >= 0.3 is 11.9 Å². The van der Waals surface area contributed by atoms with Crippen LogP contribution in [0.25, 0.3) is 11.2 Å². The van der Waals surface area contributed by atoms with Crippen LogP contribution in [-0.4, -0.2) is 35.1 Å². The predicted molar refractivity (Wildman–Crippen MR) is 69.3 cm³/mol. The van der Waals surface area contributed by atoms with Crippen LogP contribution in [0, 0.1) is 6.92 Å². The largest absolute Gasteiger partial charge is 0.462 e. The minimum Gasteiger partial charge on any atom is -0.462 e. The van der Waals surface area contributed by atoms with Crippen molar-refractivity contribution < 1.29 is 24.0 Å². The molecule has 0 aromatic carbocycles. The van der Waals surface area contributed by atoms with Crippen LogP contribution < -0.4 is 4.98 Å². The number of hydrogen-bond donors (Lipinski definition) is 1. The first-order chi connectivity index (χ1) is 9.56. The maximum absolute atomic E-state index is 11.9. The maximum atomic E-state index is 11.9. The van der Waals surface area contributed by atoms with E-state index in [1.54, 1.807) is 13.8 Å². The zero-order chi connectivity index (χ0) is 14.7. The highest BCUT2D eigenvalue weighted by molar-refractivity contribution is 6.03. The first kappa shape index (κ1) is 14.0. The third-order valence-electron chi connectivity index (χ3n) is 2.61. The Morgan fingerprint density at radius 1 is 1.25 bits per heavy atom. The highest BCUT2D eigenvalue weighted by Crippen LogP contribution is 2.15. The summed E-state index contributed by atoms with van der Waals surface area (Å²) in [7, 11) is 0. The SMILES string of the molecule is CCOC(=O)c1cc2[nH]c(C)[nH+]c2nc1C(=O)OCC. The van der Waals surface area contributed by atoms with Crippen molar-refractivity contribution in [3.63, 3.8) is 0 Å². The fourth-order valence-corrected chi connectivity index (χ4v) is 1.83. The zero-order valence-electron chi connectivity index (χ0n) is 11.6. The molecular formula is C13H16N3O4+. The molecule has 2 N–H and O–H groups in total. The first-order valence-electron chi connectivity index (χ1n) is 6.33. The first-order valence-corrected chi connectivity index (χ1v) is 6.33. The van der Waals surface area contributed by atoms with Gasteiger partial charge in [-0.05, 0) is 13.8 Å². The number of rotatable bonds is 4. The minimum absolute atomic E-state index is 0.0481. The molecule has 7 nitrogen and oxygen atoms in total. The van der Waals surface area contributed by atoms with E-state index in [0.717, 1.165) is 5.82 Å². The van der Waals surface area contributed by atoms with E-state index in [9.17, 15) is 9.59 Å². The van der Waals surface area contributed by atoms with Crippen molar-refractivity contribution in [2.45, 2.75) is 20.8 Å². The van der Waals surface area contributed by atoms with Crippen molar-refractivity contribution in [3.8, 4) is 0 Å². The molecule has 0 radical (unpaired) electrons. The number of carbonyl (C=O) groups excluding carboxylic acids is 2. The van der Waals surface area contributed by atoms with Crippen LogP contribution >= 0.6 is 0 Å². The maximum Gasteiger partial charge on any atom is 0.375 e. The van der Waals surface area contributed by atoms with Gasteiger partial charge in [0.2, 0.25) is 5.69 Å². The van der Waals surface area contributed by atoms with Crippen LogP contribution in [0.1, 0.15) is 40.5 Å². The van der Waals surface area contributed by atoms with Gasteiger partial charge in [-0.1, -0.05) is 4.98 Å². The van der Waals surface area contributed by atoms with Crippen molar-refractivity contribution in [1.29, 1.82) is 0 Å². The summed E-state index contributed by atoms with van der Waals surface area (Å²) in [6.45, 7) is 5.62. The van der Waals surface area contributed by atoms with Gasteiger partial charge in [0.25, 0.3) is 5.65 Å². The summed E-state index contributed by atoms with van der Waals surface area (Å²) < 4.78 is 9.86. The number of aryl methyl sites for hydroxylation is 1. The Bertz CT molecular complexity index is 608. The molecule has 2 heterocycles. The molecule has 106 valence electrons. The molecule has 2 aromatic rings. The summed E-state index contributed by atoms with van der Waals surface area (Å²) in [6, 6.07) is 1.54. The number of fused-ring (bicyclic) bond motifs is 1. The Labute approximate surface area is 115 Å². The molecule has 7 heteroatoms. The molecule has 0 aliphatic heterocycles. The summed E-state index contributed by atoms with van der Waals surface area (Å²) in [6.07, 6.45) is 0. The summed E-state index contributed by atoms with van der Waals surface area (Å²) in [5, 5.41) is 0. The van der Waals surface area contributed by atoms with E-state index in [-0.39, 0.29) is 24.5 Å². The lowest BCUT2D eigenvalue weighted by Gasteiger charge is -2.04. The molecule has 0 unspecified atom stereocenters. The van der Waals surface area contributed by atoms with Gasteiger partial charge in [0.05, 0.1) is 13.2 Å². The molecular weight excluding hydrogens is 262 g/mol. The molecule has 0 aliphatic carbocycles. The van der Waals surface area contributed by atoms with Crippen molar-refractivity contribution in [1.82, 2.24) is 9.97 Å². The van der Waals surface area contributed by atoms with Crippen LogP contribution in [0.5, 0.6) is 0 Å². The molecule has 0 atom stereocenters. The van der Waals surface area contributed by atoms with Crippen molar-refractivity contribution in [2.75, 3.05) is 13.2 Å². The van der Waals surface area contributed by atoms with Crippen LogP contribution in [0.4, 0.5) is 0 Å². The van der Waals surface area contributed by atoms with Crippen molar-refractivity contribution in [3.05, 3.63) is 23.1 Å². The number of carbonyl (C=O) groups is 2. The average molecular weight is 278 g/mol. The molecule has 0 spiro atoms. The van der Waals surface area contributed by atoms with Crippen molar-refractivity contribution in [2.24, 2.45) is 0 Å². The lowest BCUT2D eigenvalue weighted by molar-refractivity contribution is -0.357. The van der Waals surface area contributed by atoms with E-state index in [2.05, 4.69) is 15.0 Å². The average Bonchev–Trinajstić information content (AvgIpc) is 2.76. The monoisotopic (exact) mass is 278 g/mol. The van der Waals surface area contributed by atoms with E-state index in [4.69, 9.17) is 9.47 Å². The van der Waals surface area contributed by atoms with E-state index in [0.29, 0.717) is 11.2 Å². The molecule has 2 rings (SSSR count). The topological polar surface area (TPSA) is 95.4 Å². The number of pyridine rings is 1. The molecule has 0 saturated heterocycles. The summed E-state index contributed by atoms with van der Waals surface area (Å²) in [4.78, 5) is 34.0. The van der Waals surface area contributed by atoms with Crippen LogP contribution in [0.15, 0.2) is 6.07 Å². The summed E-state index contributed by atoms with van der Waals surface area (Å²) in [5.74, 6) is -0.481. The van der Waals surface area contributed by atoms with E-state index < -0.39 is 11.9 Å². The number of ether oxygens (including phenoxy) is 2. The van der Waals surface area contributed by atoms with Gasteiger partial charge in [0.1, 0.15) is 5.56 Å². The summed E-state index contributed by atoms with van der Waals surface area (Å²) in [5.41, 5.74) is 1.15. The number of H-pyrrole nitrogens is 2. The second kappa shape index (κ2) is 5.68. The highest BCUT2D eigenvalue weighted by atomic mass is 16.5. The Morgan fingerprint density at radius 2 is 1.90 bits per heavy atom. The van der Waals surface area contributed by atoms with Gasteiger partial charge in [0, 0.05) is 13.0 Å². The second-order valence-electron chi connectivity index (χ2n) is 4.10. The van der Waals surface area contributed by atoms with Crippen LogP contribution in [0.3, 0.4) is 0 Å². The van der Waals surface area contributed by atoms with E-state index in [1.807, 2.05) is 6.92 Å².